The number of hydrogen-bond acceptors (Lipinski definition) is 5. The molecule has 3 atom stereocenters. The monoisotopic (exact) mass is 405 g/mol. The van der Waals surface area contributed by atoms with Gasteiger partial charge in [-0.15, -0.1) is 0 Å². The van der Waals surface area contributed by atoms with E-state index in [2.05, 4.69) is 24.0 Å². The predicted octanol–water partition coefficient (Wildman–Crippen LogP) is 4.47. The van der Waals surface area contributed by atoms with Crippen molar-refractivity contribution in [3.63, 3.8) is 0 Å². The summed E-state index contributed by atoms with van der Waals surface area (Å²) in [6.07, 6.45) is 10.2. The molecule has 164 valence electrons. The Bertz CT molecular complexity index is 609. The van der Waals surface area contributed by atoms with Crippen molar-refractivity contribution in [2.24, 2.45) is 0 Å². The Morgan fingerprint density at radius 1 is 0.966 bits per heavy atom. The Morgan fingerprint density at radius 2 is 1.79 bits per heavy atom. The third-order valence-electron chi connectivity index (χ3n) is 6.34. The summed E-state index contributed by atoms with van der Waals surface area (Å²) in [6.45, 7) is 6.10. The molecule has 0 spiro atoms. The molecule has 0 amide bonds. The lowest BCUT2D eigenvalue weighted by Crippen LogP contribution is -2.46. The third-order valence-corrected chi connectivity index (χ3v) is 6.34. The Balaban J connectivity index is 1.48. The fraction of sp³-hybridized carbons (Fsp3) is 0.750. The van der Waals surface area contributed by atoms with Crippen molar-refractivity contribution in [2.45, 2.75) is 76.5 Å². The molecule has 2 fully saturated rings. The van der Waals surface area contributed by atoms with Crippen LogP contribution in [0.5, 0.6) is 11.5 Å². The zero-order valence-corrected chi connectivity index (χ0v) is 18.5. The molecule has 0 aromatic heterocycles. The van der Waals surface area contributed by atoms with Gasteiger partial charge in [0.15, 0.2) is 11.5 Å². The van der Waals surface area contributed by atoms with Crippen molar-refractivity contribution in [3.05, 3.63) is 23.8 Å². The van der Waals surface area contributed by atoms with E-state index in [0.29, 0.717) is 18.2 Å². The fourth-order valence-corrected chi connectivity index (χ4v) is 4.64. The van der Waals surface area contributed by atoms with E-state index in [1.165, 1.54) is 50.5 Å². The van der Waals surface area contributed by atoms with Gasteiger partial charge in [0, 0.05) is 25.7 Å². The minimum Gasteiger partial charge on any atom is -0.493 e. The quantitative estimate of drug-likeness (QED) is 0.508. The van der Waals surface area contributed by atoms with Crippen LogP contribution in [-0.2, 0) is 15.9 Å². The minimum atomic E-state index is 0.346. The minimum absolute atomic E-state index is 0.346. The molecular formula is C24H39NO4. The van der Waals surface area contributed by atoms with Gasteiger partial charge in [-0.05, 0) is 49.8 Å². The Morgan fingerprint density at radius 3 is 2.59 bits per heavy atom. The van der Waals surface area contributed by atoms with Crippen molar-refractivity contribution in [1.82, 2.24) is 4.90 Å². The van der Waals surface area contributed by atoms with Crippen LogP contribution in [0.1, 0.15) is 57.4 Å². The number of rotatable bonds is 11. The van der Waals surface area contributed by atoms with Gasteiger partial charge in [0.05, 0.1) is 33.0 Å². The number of nitrogens with zero attached hydrogens (tertiary/aromatic N) is 1. The van der Waals surface area contributed by atoms with Gasteiger partial charge in [0.2, 0.25) is 0 Å². The predicted molar refractivity (Wildman–Crippen MR) is 116 cm³/mol. The Labute approximate surface area is 176 Å². The van der Waals surface area contributed by atoms with Crippen LogP contribution in [0.4, 0.5) is 0 Å². The molecule has 1 aliphatic heterocycles. The average Bonchev–Trinajstić information content (AvgIpc) is 3.23. The number of hydrogen-bond donors (Lipinski definition) is 0. The van der Waals surface area contributed by atoms with Crippen molar-refractivity contribution in [2.75, 3.05) is 40.5 Å². The molecule has 29 heavy (non-hydrogen) atoms. The van der Waals surface area contributed by atoms with E-state index in [1.807, 2.05) is 6.07 Å². The van der Waals surface area contributed by atoms with E-state index in [1.54, 1.807) is 14.2 Å². The largest absolute Gasteiger partial charge is 0.493 e. The van der Waals surface area contributed by atoms with Crippen molar-refractivity contribution in [1.29, 1.82) is 0 Å². The second-order valence-electron chi connectivity index (χ2n) is 8.33. The molecule has 0 unspecified atom stereocenters. The fourth-order valence-electron chi connectivity index (χ4n) is 4.64. The van der Waals surface area contributed by atoms with Crippen LogP contribution in [0.25, 0.3) is 0 Å². The molecule has 1 saturated heterocycles. The van der Waals surface area contributed by atoms with E-state index in [9.17, 15) is 0 Å². The maximum atomic E-state index is 6.42. The van der Waals surface area contributed by atoms with Crippen LogP contribution in [0, 0.1) is 0 Å². The van der Waals surface area contributed by atoms with Crippen LogP contribution >= 0.6 is 0 Å². The van der Waals surface area contributed by atoms with Crippen LogP contribution < -0.4 is 9.47 Å². The first-order valence-corrected chi connectivity index (χ1v) is 11.4. The molecule has 1 saturated carbocycles. The molecule has 5 heteroatoms. The highest BCUT2D eigenvalue weighted by atomic mass is 16.5. The van der Waals surface area contributed by atoms with Crippen molar-refractivity contribution >= 4 is 0 Å². The lowest BCUT2D eigenvalue weighted by atomic mass is 9.91. The van der Waals surface area contributed by atoms with Crippen LogP contribution in [0.2, 0.25) is 0 Å². The van der Waals surface area contributed by atoms with E-state index in [4.69, 9.17) is 18.9 Å². The SMILES string of the molecule is CCCCO[C@H]1CCN([C@H]2CCCC[C@@H]2OCCc2ccc(OC)c(OC)c2)C1. The van der Waals surface area contributed by atoms with Gasteiger partial charge >= 0.3 is 0 Å². The first-order valence-electron chi connectivity index (χ1n) is 11.4. The summed E-state index contributed by atoms with van der Waals surface area (Å²) in [5.41, 5.74) is 1.22. The van der Waals surface area contributed by atoms with E-state index >= 15 is 0 Å². The highest BCUT2D eigenvalue weighted by Gasteiger charge is 2.35. The lowest BCUT2D eigenvalue weighted by molar-refractivity contribution is -0.0345. The molecule has 1 aromatic rings. The van der Waals surface area contributed by atoms with Crippen LogP contribution in [0.3, 0.4) is 0 Å². The summed E-state index contributed by atoms with van der Waals surface area (Å²) < 4.78 is 23.2. The van der Waals surface area contributed by atoms with Gasteiger partial charge in [-0.25, -0.2) is 0 Å². The van der Waals surface area contributed by atoms with Gasteiger partial charge in [-0.2, -0.15) is 0 Å². The zero-order chi connectivity index (χ0) is 20.5. The molecule has 2 aliphatic rings. The molecule has 0 radical (unpaired) electrons. The standard InChI is InChI=1S/C24H39NO4/c1-4-5-15-28-20-12-14-25(18-20)21-8-6-7-9-22(21)29-16-13-19-10-11-23(26-2)24(17-19)27-3/h10-11,17,20-22H,4-9,12-16,18H2,1-3H3/t20-,21-,22-/m0/s1. The normalized spacial score (nSPS) is 25.3. The third kappa shape index (κ3) is 6.34. The zero-order valence-electron chi connectivity index (χ0n) is 18.5. The Kier molecular flexibility index (Phi) is 9.09. The molecule has 3 rings (SSSR count). The van der Waals surface area contributed by atoms with Gasteiger partial charge in [0.1, 0.15) is 0 Å². The number of methoxy groups -OCH3 is 2. The summed E-state index contributed by atoms with van der Waals surface area (Å²) in [5.74, 6) is 1.56. The summed E-state index contributed by atoms with van der Waals surface area (Å²) in [4.78, 5) is 2.64. The summed E-state index contributed by atoms with van der Waals surface area (Å²) in [7, 11) is 3.35. The number of likely N-dealkylation sites (tertiary alicyclic amines) is 1. The van der Waals surface area contributed by atoms with Gasteiger partial charge < -0.3 is 18.9 Å². The first-order chi connectivity index (χ1) is 14.2. The first kappa shape index (κ1) is 22.4. The van der Waals surface area contributed by atoms with Gasteiger partial charge in [0.25, 0.3) is 0 Å². The Hall–Kier alpha value is -1.30. The topological polar surface area (TPSA) is 40.2 Å². The number of unbranched alkanes of at least 4 members (excludes halogenated alkanes) is 1. The van der Waals surface area contributed by atoms with Crippen molar-refractivity contribution in [3.8, 4) is 11.5 Å². The molecule has 5 nitrogen and oxygen atoms in total. The molecule has 1 heterocycles. The van der Waals surface area contributed by atoms with E-state index < -0.39 is 0 Å². The molecule has 1 aliphatic carbocycles. The van der Waals surface area contributed by atoms with Gasteiger partial charge in [-0.1, -0.05) is 32.3 Å². The summed E-state index contributed by atoms with van der Waals surface area (Å²) in [6, 6.07) is 6.68. The van der Waals surface area contributed by atoms with Crippen LogP contribution in [0.15, 0.2) is 18.2 Å². The van der Waals surface area contributed by atoms with E-state index in [-0.39, 0.29) is 0 Å². The highest BCUT2D eigenvalue weighted by Crippen LogP contribution is 2.30. The highest BCUT2D eigenvalue weighted by molar-refractivity contribution is 5.42. The summed E-state index contributed by atoms with van der Waals surface area (Å²) in [5, 5.41) is 0. The second kappa shape index (κ2) is 11.8. The maximum Gasteiger partial charge on any atom is 0.160 e. The number of benzene rings is 1. The number of ether oxygens (including phenoxy) is 4. The molecule has 1 aromatic carbocycles. The van der Waals surface area contributed by atoms with Gasteiger partial charge in [-0.3, -0.25) is 4.90 Å². The van der Waals surface area contributed by atoms with Crippen molar-refractivity contribution < 1.29 is 18.9 Å². The molecule has 0 bridgehead atoms. The maximum absolute atomic E-state index is 6.42. The second-order valence-corrected chi connectivity index (χ2v) is 8.33. The van der Waals surface area contributed by atoms with Crippen LogP contribution in [-0.4, -0.2) is 63.7 Å². The average molecular weight is 406 g/mol. The molecular weight excluding hydrogens is 366 g/mol. The van der Waals surface area contributed by atoms with E-state index in [0.717, 1.165) is 44.2 Å². The molecule has 0 N–H and O–H groups in total. The summed E-state index contributed by atoms with van der Waals surface area (Å²) >= 11 is 0. The smallest absolute Gasteiger partial charge is 0.160 e. The lowest BCUT2D eigenvalue weighted by Gasteiger charge is -2.37.